The van der Waals surface area contributed by atoms with E-state index in [4.69, 9.17) is 0 Å². The van der Waals surface area contributed by atoms with E-state index in [1.54, 1.807) is 6.07 Å². The van der Waals surface area contributed by atoms with Crippen molar-refractivity contribution in [3.05, 3.63) is 29.8 Å². The average Bonchev–Trinajstić information content (AvgIpc) is 2.17. The Hall–Kier alpha value is -1.02. The number of para-hydroxylation sites is 1. The van der Waals surface area contributed by atoms with E-state index in [1.165, 1.54) is 25.7 Å². The summed E-state index contributed by atoms with van der Waals surface area (Å²) in [7, 11) is 0. The second-order valence-electron chi connectivity index (χ2n) is 4.39. The van der Waals surface area contributed by atoms with Crippen LogP contribution in [-0.2, 0) is 6.54 Å². The van der Waals surface area contributed by atoms with E-state index in [9.17, 15) is 5.11 Å². The van der Waals surface area contributed by atoms with Gasteiger partial charge in [-0.3, -0.25) is 0 Å². The number of benzene rings is 1. The zero-order valence-electron chi connectivity index (χ0n) is 9.08. The van der Waals surface area contributed by atoms with Crippen molar-refractivity contribution in [3.63, 3.8) is 0 Å². The van der Waals surface area contributed by atoms with Gasteiger partial charge in [-0.05, 0) is 24.9 Å². The normalized spacial score (nSPS) is 16.3. The van der Waals surface area contributed by atoms with Crippen LogP contribution in [0.1, 0.15) is 31.2 Å². The molecule has 0 aromatic heterocycles. The summed E-state index contributed by atoms with van der Waals surface area (Å²) in [6.45, 7) is 1.85. The Morgan fingerprint density at radius 1 is 1.27 bits per heavy atom. The summed E-state index contributed by atoms with van der Waals surface area (Å²) in [5, 5.41) is 12.9. The fourth-order valence-corrected chi connectivity index (χ4v) is 1.97. The topological polar surface area (TPSA) is 32.3 Å². The Morgan fingerprint density at radius 3 is 2.73 bits per heavy atom. The summed E-state index contributed by atoms with van der Waals surface area (Å²) in [4.78, 5) is 0. The van der Waals surface area contributed by atoms with E-state index in [2.05, 4.69) is 5.32 Å². The van der Waals surface area contributed by atoms with Crippen LogP contribution in [0, 0.1) is 5.92 Å². The third-order valence-corrected chi connectivity index (χ3v) is 3.26. The van der Waals surface area contributed by atoms with Crippen LogP contribution < -0.4 is 5.32 Å². The van der Waals surface area contributed by atoms with Crippen molar-refractivity contribution >= 4 is 0 Å². The lowest BCUT2D eigenvalue weighted by Gasteiger charge is -2.25. The van der Waals surface area contributed by atoms with Gasteiger partial charge in [0.2, 0.25) is 0 Å². The third kappa shape index (κ3) is 2.96. The van der Waals surface area contributed by atoms with Crippen LogP contribution in [0.4, 0.5) is 0 Å². The number of nitrogens with one attached hydrogen (secondary N) is 1. The molecule has 0 heterocycles. The van der Waals surface area contributed by atoms with E-state index in [0.717, 1.165) is 24.6 Å². The van der Waals surface area contributed by atoms with Gasteiger partial charge in [-0.2, -0.15) is 0 Å². The van der Waals surface area contributed by atoms with E-state index in [0.29, 0.717) is 5.75 Å². The maximum atomic E-state index is 9.54. The number of aromatic hydroxyl groups is 1. The highest BCUT2D eigenvalue weighted by molar-refractivity contribution is 5.31. The van der Waals surface area contributed by atoms with Gasteiger partial charge in [0.1, 0.15) is 5.75 Å². The number of hydrogen-bond acceptors (Lipinski definition) is 2. The lowest BCUT2D eigenvalue weighted by molar-refractivity contribution is 0.292. The zero-order chi connectivity index (χ0) is 10.5. The molecule has 1 aliphatic rings. The highest BCUT2D eigenvalue weighted by Crippen LogP contribution is 2.28. The Labute approximate surface area is 91.3 Å². The molecule has 0 unspecified atom stereocenters. The average molecular weight is 205 g/mol. The van der Waals surface area contributed by atoms with Crippen molar-refractivity contribution in [1.29, 1.82) is 0 Å². The van der Waals surface area contributed by atoms with Crippen LogP contribution in [0.25, 0.3) is 0 Å². The molecule has 0 saturated heterocycles. The fraction of sp³-hybridized carbons (Fsp3) is 0.538. The molecule has 2 nitrogen and oxygen atoms in total. The molecule has 1 aliphatic carbocycles. The van der Waals surface area contributed by atoms with Crippen LogP contribution in [0.15, 0.2) is 24.3 Å². The molecule has 1 aromatic rings. The molecule has 2 N–H and O–H groups in total. The maximum Gasteiger partial charge on any atom is 0.120 e. The highest BCUT2D eigenvalue weighted by Gasteiger charge is 2.16. The Kier molecular flexibility index (Phi) is 3.62. The monoisotopic (exact) mass is 205 g/mol. The summed E-state index contributed by atoms with van der Waals surface area (Å²) < 4.78 is 0. The zero-order valence-corrected chi connectivity index (χ0v) is 9.08. The third-order valence-electron chi connectivity index (χ3n) is 3.26. The lowest BCUT2D eigenvalue weighted by atomic mass is 9.83. The molecule has 0 amide bonds. The Bertz CT molecular complexity index is 307. The first-order valence-electron chi connectivity index (χ1n) is 5.84. The molecule has 0 spiro atoms. The summed E-state index contributed by atoms with van der Waals surface area (Å²) in [5.74, 6) is 1.36. The van der Waals surface area contributed by atoms with Gasteiger partial charge in [-0.25, -0.2) is 0 Å². The van der Waals surface area contributed by atoms with Crippen LogP contribution in [-0.4, -0.2) is 11.7 Å². The molecule has 0 aliphatic heterocycles. The van der Waals surface area contributed by atoms with Crippen molar-refractivity contribution in [3.8, 4) is 5.75 Å². The second-order valence-corrected chi connectivity index (χ2v) is 4.39. The molecule has 0 bridgehead atoms. The van der Waals surface area contributed by atoms with Crippen molar-refractivity contribution in [1.82, 2.24) is 5.32 Å². The predicted molar refractivity (Wildman–Crippen MR) is 61.8 cm³/mol. The summed E-state index contributed by atoms with van der Waals surface area (Å²) in [6, 6.07) is 7.52. The fourth-order valence-electron chi connectivity index (χ4n) is 1.97. The van der Waals surface area contributed by atoms with Gasteiger partial charge in [0.15, 0.2) is 0 Å². The number of phenols is 1. The van der Waals surface area contributed by atoms with Crippen LogP contribution in [0.3, 0.4) is 0 Å². The van der Waals surface area contributed by atoms with E-state index >= 15 is 0 Å². The predicted octanol–water partition coefficient (Wildman–Crippen LogP) is 2.67. The second kappa shape index (κ2) is 5.17. The molecular formula is C13H19NO. The molecule has 1 aromatic carbocycles. The van der Waals surface area contributed by atoms with Gasteiger partial charge in [0.05, 0.1) is 0 Å². The number of rotatable bonds is 5. The number of phenolic OH excluding ortho intramolecular Hbond substituents is 1. The largest absolute Gasteiger partial charge is 0.508 e. The summed E-state index contributed by atoms with van der Waals surface area (Å²) in [6.07, 6.45) is 5.54. The van der Waals surface area contributed by atoms with Gasteiger partial charge in [-0.15, -0.1) is 0 Å². The standard InChI is InChI=1S/C13H19NO/c15-13-7-2-1-6-12(13)10-14-9-8-11-4-3-5-11/h1-2,6-7,11,14-15H,3-5,8-10H2. The quantitative estimate of drug-likeness (QED) is 0.724. The minimum Gasteiger partial charge on any atom is -0.508 e. The van der Waals surface area contributed by atoms with Crippen LogP contribution in [0.5, 0.6) is 5.75 Å². The lowest BCUT2D eigenvalue weighted by Crippen LogP contribution is -2.21. The smallest absolute Gasteiger partial charge is 0.120 e. The van der Waals surface area contributed by atoms with E-state index < -0.39 is 0 Å². The molecular weight excluding hydrogens is 186 g/mol. The van der Waals surface area contributed by atoms with E-state index in [-0.39, 0.29) is 0 Å². The van der Waals surface area contributed by atoms with Gasteiger partial charge in [-0.1, -0.05) is 37.5 Å². The summed E-state index contributed by atoms with van der Waals surface area (Å²) >= 11 is 0. The Morgan fingerprint density at radius 2 is 2.07 bits per heavy atom. The van der Waals surface area contributed by atoms with Gasteiger partial charge >= 0.3 is 0 Å². The Balaban J connectivity index is 1.66. The first kappa shape index (κ1) is 10.5. The van der Waals surface area contributed by atoms with Crippen molar-refractivity contribution in [2.24, 2.45) is 5.92 Å². The van der Waals surface area contributed by atoms with Crippen molar-refractivity contribution < 1.29 is 5.11 Å². The van der Waals surface area contributed by atoms with Crippen molar-refractivity contribution in [2.45, 2.75) is 32.2 Å². The van der Waals surface area contributed by atoms with Gasteiger partial charge in [0, 0.05) is 12.1 Å². The minimum absolute atomic E-state index is 0.397. The minimum atomic E-state index is 0.397. The first-order chi connectivity index (χ1) is 7.36. The SMILES string of the molecule is Oc1ccccc1CNCCC1CCC1. The molecule has 1 saturated carbocycles. The molecule has 1 fully saturated rings. The van der Waals surface area contributed by atoms with Crippen molar-refractivity contribution in [2.75, 3.05) is 6.54 Å². The highest BCUT2D eigenvalue weighted by atomic mass is 16.3. The molecule has 0 atom stereocenters. The molecule has 15 heavy (non-hydrogen) atoms. The molecule has 0 radical (unpaired) electrons. The maximum absolute atomic E-state index is 9.54. The number of hydrogen-bond donors (Lipinski definition) is 2. The first-order valence-corrected chi connectivity index (χ1v) is 5.84. The van der Waals surface area contributed by atoms with Crippen LogP contribution in [0.2, 0.25) is 0 Å². The molecule has 82 valence electrons. The van der Waals surface area contributed by atoms with Crippen LogP contribution >= 0.6 is 0 Å². The van der Waals surface area contributed by atoms with Gasteiger partial charge in [0.25, 0.3) is 0 Å². The molecule has 2 heteroatoms. The molecule has 2 rings (SSSR count). The van der Waals surface area contributed by atoms with Gasteiger partial charge < -0.3 is 10.4 Å². The summed E-state index contributed by atoms with van der Waals surface area (Å²) in [5.41, 5.74) is 0.992. The van der Waals surface area contributed by atoms with E-state index in [1.807, 2.05) is 18.2 Å².